The summed E-state index contributed by atoms with van der Waals surface area (Å²) in [7, 11) is 0. The van der Waals surface area contributed by atoms with Crippen LogP contribution in [0.1, 0.15) is 284 Å². The van der Waals surface area contributed by atoms with E-state index in [1.165, 1.54) is 109 Å². The van der Waals surface area contributed by atoms with Crippen molar-refractivity contribution in [3.8, 4) is 0 Å². The van der Waals surface area contributed by atoms with Crippen LogP contribution in [0.3, 0.4) is 0 Å². The van der Waals surface area contributed by atoms with Gasteiger partial charge in [0.2, 0.25) is 0 Å². The van der Waals surface area contributed by atoms with Crippen LogP contribution >= 0.6 is 0 Å². The van der Waals surface area contributed by atoms with Crippen molar-refractivity contribution < 1.29 is 28.6 Å². The first-order valence-corrected chi connectivity index (χ1v) is 33.5. The molecule has 6 nitrogen and oxygen atoms in total. The second-order valence-corrected chi connectivity index (χ2v) is 21.6. The van der Waals surface area contributed by atoms with Gasteiger partial charge in [0.05, 0.1) is 6.42 Å². The van der Waals surface area contributed by atoms with Gasteiger partial charge in [0, 0.05) is 12.8 Å². The van der Waals surface area contributed by atoms with Crippen molar-refractivity contribution in [1.82, 2.24) is 0 Å². The van der Waals surface area contributed by atoms with Crippen molar-refractivity contribution in [3.05, 3.63) is 158 Å². The molecule has 0 aromatic carbocycles. The maximum atomic E-state index is 12.9. The quantitative estimate of drug-likeness (QED) is 0.0261. The summed E-state index contributed by atoms with van der Waals surface area (Å²) in [5.41, 5.74) is 0. The van der Waals surface area contributed by atoms with Crippen LogP contribution in [0.2, 0.25) is 0 Å². The number of hydrogen-bond donors (Lipinski definition) is 0. The van der Waals surface area contributed by atoms with Gasteiger partial charge in [-0.25, -0.2) is 0 Å². The van der Waals surface area contributed by atoms with Crippen molar-refractivity contribution in [1.29, 1.82) is 0 Å². The molecule has 82 heavy (non-hydrogen) atoms. The summed E-state index contributed by atoms with van der Waals surface area (Å²) >= 11 is 0. The lowest BCUT2D eigenvalue weighted by Gasteiger charge is -2.18. The molecular weight excluding hydrogens is 1010 g/mol. The maximum absolute atomic E-state index is 12.9. The van der Waals surface area contributed by atoms with Crippen LogP contribution < -0.4 is 0 Å². The third kappa shape index (κ3) is 65.8. The van der Waals surface area contributed by atoms with Crippen LogP contribution in [0, 0.1) is 0 Å². The second-order valence-electron chi connectivity index (χ2n) is 21.6. The van der Waals surface area contributed by atoms with Crippen LogP contribution in [-0.4, -0.2) is 37.2 Å². The summed E-state index contributed by atoms with van der Waals surface area (Å²) in [5, 5.41) is 0. The molecule has 0 saturated heterocycles. The highest BCUT2D eigenvalue weighted by Gasteiger charge is 2.19. The van der Waals surface area contributed by atoms with E-state index in [-0.39, 0.29) is 31.6 Å². The van der Waals surface area contributed by atoms with E-state index in [0.29, 0.717) is 12.8 Å². The van der Waals surface area contributed by atoms with Gasteiger partial charge in [-0.2, -0.15) is 0 Å². The predicted molar refractivity (Wildman–Crippen MR) is 357 cm³/mol. The summed E-state index contributed by atoms with van der Waals surface area (Å²) in [6.45, 7) is 6.32. The third-order valence-corrected chi connectivity index (χ3v) is 13.8. The van der Waals surface area contributed by atoms with Gasteiger partial charge in [-0.15, -0.1) is 0 Å². The fourth-order valence-corrected chi connectivity index (χ4v) is 8.89. The van der Waals surface area contributed by atoms with Gasteiger partial charge >= 0.3 is 17.9 Å². The minimum Gasteiger partial charge on any atom is -0.462 e. The number of carbonyl (C=O) groups is 3. The molecule has 0 aliphatic heterocycles. The van der Waals surface area contributed by atoms with Crippen LogP contribution in [0.25, 0.3) is 0 Å². The predicted octanol–water partition coefficient (Wildman–Crippen LogP) is 23.3. The van der Waals surface area contributed by atoms with E-state index in [1.807, 2.05) is 6.08 Å². The molecule has 462 valence electrons. The van der Waals surface area contributed by atoms with E-state index in [0.717, 1.165) is 135 Å². The summed E-state index contributed by atoms with van der Waals surface area (Å²) in [5.74, 6) is -1.08. The lowest BCUT2D eigenvalue weighted by Crippen LogP contribution is -2.30. The van der Waals surface area contributed by atoms with Crippen molar-refractivity contribution in [3.63, 3.8) is 0 Å². The van der Waals surface area contributed by atoms with Gasteiger partial charge in [0.15, 0.2) is 6.10 Å². The zero-order valence-electron chi connectivity index (χ0n) is 52.9. The molecule has 0 radical (unpaired) electrons. The Labute approximate surface area is 505 Å². The number of carbonyl (C=O) groups excluding carboxylic acids is 3. The second kappa shape index (κ2) is 68.5. The fraction of sp³-hybridized carbons (Fsp3) is 0.618. The van der Waals surface area contributed by atoms with Gasteiger partial charge in [0.1, 0.15) is 13.2 Å². The molecule has 0 saturated carbocycles. The summed E-state index contributed by atoms with van der Waals surface area (Å²) < 4.78 is 16.8. The summed E-state index contributed by atoms with van der Waals surface area (Å²) in [4.78, 5) is 38.3. The van der Waals surface area contributed by atoms with Gasteiger partial charge in [-0.3, -0.25) is 14.4 Å². The smallest absolute Gasteiger partial charge is 0.309 e. The molecule has 0 aliphatic carbocycles. The highest BCUT2D eigenvalue weighted by atomic mass is 16.6. The fourth-order valence-electron chi connectivity index (χ4n) is 8.89. The number of rotatable bonds is 59. The monoisotopic (exact) mass is 1130 g/mol. The molecular formula is C76H122O6. The minimum absolute atomic E-state index is 0.117. The molecule has 0 spiro atoms. The topological polar surface area (TPSA) is 78.9 Å². The number of unbranched alkanes of at least 4 members (excludes halogenated alkanes) is 23. The van der Waals surface area contributed by atoms with Crippen molar-refractivity contribution in [2.24, 2.45) is 0 Å². The van der Waals surface area contributed by atoms with Gasteiger partial charge in [-0.1, -0.05) is 314 Å². The molecule has 0 aromatic heterocycles. The molecule has 0 aromatic rings. The Hall–Kier alpha value is -4.97. The average molecular weight is 1130 g/mol. The lowest BCUT2D eigenvalue weighted by atomic mass is 10.0. The van der Waals surface area contributed by atoms with E-state index in [9.17, 15) is 14.4 Å². The molecule has 1 atom stereocenters. The van der Waals surface area contributed by atoms with Crippen molar-refractivity contribution in [2.45, 2.75) is 290 Å². The largest absolute Gasteiger partial charge is 0.462 e. The molecule has 0 amide bonds. The van der Waals surface area contributed by atoms with Crippen molar-refractivity contribution in [2.75, 3.05) is 13.2 Å². The van der Waals surface area contributed by atoms with Crippen LogP contribution in [-0.2, 0) is 28.6 Å². The van der Waals surface area contributed by atoms with E-state index >= 15 is 0 Å². The Morgan fingerprint density at radius 2 is 0.524 bits per heavy atom. The first-order valence-electron chi connectivity index (χ1n) is 33.5. The van der Waals surface area contributed by atoms with Gasteiger partial charge in [0.25, 0.3) is 0 Å². The Balaban J connectivity index is 4.47. The molecule has 6 heteroatoms. The SMILES string of the molecule is CC/C=C\C/C=C\C/C=C\C/C=C\C/C=C\C/C=C\C/C=C\C/C=C\CCCCCCC(=O)OCC(COC(=O)C/C=C\C/C=C\C/C=C\C/C=C\C/C=C\CC)OC(=O)CCCCCCCCCCCCCCCCCCCCCC. The first-order chi connectivity index (χ1) is 40.5. The van der Waals surface area contributed by atoms with Crippen LogP contribution in [0.4, 0.5) is 0 Å². The highest BCUT2D eigenvalue weighted by molar-refractivity contribution is 5.72. The Morgan fingerprint density at radius 1 is 0.268 bits per heavy atom. The normalized spacial score (nSPS) is 13.2. The van der Waals surface area contributed by atoms with Crippen molar-refractivity contribution >= 4 is 17.9 Å². The molecule has 1 unspecified atom stereocenters. The summed E-state index contributed by atoms with van der Waals surface area (Å²) in [6, 6.07) is 0. The number of allylic oxidation sites excluding steroid dienone is 25. The standard InChI is InChI=1S/C76H122O6/c1-4-7-10-13-16-19-22-25-28-30-32-34-35-36-37-38-39-40-41-42-44-45-48-51-54-57-60-63-66-69-75(78)81-72-73(71-80-74(77)68-65-62-59-56-53-50-47-27-24-21-18-15-12-9-6-3)82-76(79)70-67-64-61-58-55-52-49-46-43-33-31-29-26-23-20-17-14-11-8-5-2/h7,9-10,12,16,18-19,21,25,27-28,32,34,36-37,39-40,42,44,47-48,51,53,56,62,65,73H,4-6,8,11,13-15,17,20,22-24,26,29-31,33,35,38,41,43,45-46,49-50,52,54-55,57-61,63-64,66-72H2,1-3H3/b10-7-,12-9-,19-16-,21-18-,28-25-,34-32-,37-36-,40-39-,44-42-,47-27-,51-48-,56-53-,65-62-. The molecule has 0 rings (SSSR count). The average Bonchev–Trinajstić information content (AvgIpc) is 3.47. The Morgan fingerprint density at radius 3 is 0.854 bits per heavy atom. The van der Waals surface area contributed by atoms with Gasteiger partial charge in [-0.05, 0) is 109 Å². The molecule has 0 aliphatic rings. The van der Waals surface area contributed by atoms with E-state index in [1.54, 1.807) is 6.08 Å². The Kier molecular flexibility index (Phi) is 64.4. The zero-order valence-corrected chi connectivity index (χ0v) is 52.9. The zero-order chi connectivity index (χ0) is 59.2. The number of ether oxygens (including phenoxy) is 3. The number of esters is 3. The third-order valence-electron chi connectivity index (χ3n) is 13.8. The van der Waals surface area contributed by atoms with Gasteiger partial charge < -0.3 is 14.2 Å². The minimum atomic E-state index is -0.836. The van der Waals surface area contributed by atoms with E-state index in [4.69, 9.17) is 14.2 Å². The maximum Gasteiger partial charge on any atom is 0.309 e. The summed E-state index contributed by atoms with van der Waals surface area (Å²) in [6.07, 6.45) is 100.0. The molecule has 0 heterocycles. The van der Waals surface area contributed by atoms with E-state index in [2.05, 4.69) is 167 Å². The molecule has 0 bridgehead atoms. The Bertz CT molecular complexity index is 1830. The number of hydrogen-bond acceptors (Lipinski definition) is 6. The first kappa shape index (κ1) is 77.0. The van der Waals surface area contributed by atoms with E-state index < -0.39 is 12.1 Å². The highest BCUT2D eigenvalue weighted by Crippen LogP contribution is 2.16. The molecule has 0 N–H and O–H groups in total. The molecule has 0 fully saturated rings. The lowest BCUT2D eigenvalue weighted by molar-refractivity contribution is -0.166. The van der Waals surface area contributed by atoms with Crippen LogP contribution in [0.5, 0.6) is 0 Å². The van der Waals surface area contributed by atoms with Crippen LogP contribution in [0.15, 0.2) is 158 Å².